The minimum Gasteiger partial charge on any atom is -0.455 e. The number of carbonyl (C=O) groups is 1. The summed E-state index contributed by atoms with van der Waals surface area (Å²) in [7, 11) is 0. The van der Waals surface area contributed by atoms with Gasteiger partial charge in [-0.25, -0.2) is 4.79 Å². The topological polar surface area (TPSA) is 26.3 Å². The number of hydrogen-bond donors (Lipinski definition) is 0. The molecular weight excluding hydrogens is 236 g/mol. The van der Waals surface area contributed by atoms with Gasteiger partial charge in [0.25, 0.3) is 0 Å². The van der Waals surface area contributed by atoms with Crippen molar-refractivity contribution in [3.05, 3.63) is 35.4 Å². The summed E-state index contributed by atoms with van der Waals surface area (Å²) >= 11 is 0. The Morgan fingerprint density at radius 1 is 1.11 bits per heavy atom. The Morgan fingerprint density at radius 3 is 2.26 bits per heavy atom. The maximum Gasteiger partial charge on any atom is 0.338 e. The molecule has 0 aliphatic heterocycles. The van der Waals surface area contributed by atoms with E-state index in [-0.39, 0.29) is 11.6 Å². The lowest BCUT2D eigenvalue weighted by atomic mass is 9.82. The maximum atomic E-state index is 12.3. The molecule has 1 saturated carbocycles. The fourth-order valence-corrected chi connectivity index (χ4v) is 2.86. The normalized spacial score (nSPS) is 18.0. The van der Waals surface area contributed by atoms with E-state index in [0.29, 0.717) is 5.56 Å². The molecule has 2 nitrogen and oxygen atoms in total. The summed E-state index contributed by atoms with van der Waals surface area (Å²) in [5.74, 6) is -0.161. The molecule has 0 spiro atoms. The Morgan fingerprint density at radius 2 is 1.74 bits per heavy atom. The molecule has 0 radical (unpaired) electrons. The average molecular weight is 260 g/mol. The van der Waals surface area contributed by atoms with Gasteiger partial charge >= 0.3 is 5.97 Å². The van der Waals surface area contributed by atoms with Gasteiger partial charge in [-0.3, -0.25) is 0 Å². The lowest BCUT2D eigenvalue weighted by molar-refractivity contribution is -0.0397. The van der Waals surface area contributed by atoms with E-state index in [9.17, 15) is 4.79 Å². The first-order valence-corrected chi connectivity index (χ1v) is 7.51. The molecule has 0 N–H and O–H groups in total. The Balaban J connectivity index is 2.06. The van der Waals surface area contributed by atoms with Crippen molar-refractivity contribution >= 4 is 5.97 Å². The molecule has 104 valence electrons. The molecule has 0 aromatic heterocycles. The number of benzene rings is 1. The predicted octanol–water partition coefficient (Wildman–Crippen LogP) is 4.52. The summed E-state index contributed by atoms with van der Waals surface area (Å²) in [6, 6.07) is 7.78. The highest BCUT2D eigenvalue weighted by molar-refractivity contribution is 5.89. The SMILES string of the molecule is CCc1ccc(C(=O)OC2(CC)CCCCC2)cc1. The van der Waals surface area contributed by atoms with Crippen LogP contribution in [0.4, 0.5) is 0 Å². The monoisotopic (exact) mass is 260 g/mol. The molecule has 1 aliphatic rings. The number of rotatable bonds is 4. The smallest absolute Gasteiger partial charge is 0.338 e. The van der Waals surface area contributed by atoms with Crippen molar-refractivity contribution in [2.75, 3.05) is 0 Å². The molecule has 0 heterocycles. The van der Waals surface area contributed by atoms with Gasteiger partial charge in [-0.05, 0) is 56.2 Å². The average Bonchev–Trinajstić information content (AvgIpc) is 2.48. The van der Waals surface area contributed by atoms with Crippen molar-refractivity contribution in [2.45, 2.75) is 64.4 Å². The molecule has 1 aliphatic carbocycles. The third-order valence-corrected chi connectivity index (χ3v) is 4.32. The Labute approximate surface area is 116 Å². The number of esters is 1. The van der Waals surface area contributed by atoms with Crippen molar-refractivity contribution in [3.8, 4) is 0 Å². The van der Waals surface area contributed by atoms with E-state index in [1.54, 1.807) is 0 Å². The molecule has 1 aromatic rings. The van der Waals surface area contributed by atoms with Crippen molar-refractivity contribution in [1.82, 2.24) is 0 Å². The van der Waals surface area contributed by atoms with Gasteiger partial charge in [-0.2, -0.15) is 0 Å². The van der Waals surface area contributed by atoms with Gasteiger partial charge in [0.15, 0.2) is 0 Å². The predicted molar refractivity (Wildman–Crippen MR) is 77.3 cm³/mol. The van der Waals surface area contributed by atoms with Crippen LogP contribution in [0.5, 0.6) is 0 Å². The summed E-state index contributed by atoms with van der Waals surface area (Å²) in [4.78, 5) is 12.3. The van der Waals surface area contributed by atoms with E-state index in [0.717, 1.165) is 25.7 Å². The zero-order valence-electron chi connectivity index (χ0n) is 12.1. The molecule has 0 amide bonds. The molecule has 0 bridgehead atoms. The fourth-order valence-electron chi connectivity index (χ4n) is 2.86. The first kappa shape index (κ1) is 14.1. The third-order valence-electron chi connectivity index (χ3n) is 4.32. The highest BCUT2D eigenvalue weighted by Gasteiger charge is 2.34. The third kappa shape index (κ3) is 3.37. The van der Waals surface area contributed by atoms with Crippen LogP contribution in [0.25, 0.3) is 0 Å². The first-order chi connectivity index (χ1) is 9.19. The minimum absolute atomic E-state index is 0.161. The van der Waals surface area contributed by atoms with E-state index < -0.39 is 0 Å². The van der Waals surface area contributed by atoms with Crippen molar-refractivity contribution in [2.24, 2.45) is 0 Å². The van der Waals surface area contributed by atoms with Crippen LogP contribution in [0.15, 0.2) is 24.3 Å². The Hall–Kier alpha value is -1.31. The molecule has 2 heteroatoms. The van der Waals surface area contributed by atoms with E-state index in [1.165, 1.54) is 24.8 Å². The highest BCUT2D eigenvalue weighted by Crippen LogP contribution is 2.35. The zero-order valence-corrected chi connectivity index (χ0v) is 12.1. The van der Waals surface area contributed by atoms with Gasteiger partial charge in [0, 0.05) is 0 Å². The largest absolute Gasteiger partial charge is 0.455 e. The van der Waals surface area contributed by atoms with Crippen LogP contribution in [0.2, 0.25) is 0 Å². The quantitative estimate of drug-likeness (QED) is 0.744. The van der Waals surface area contributed by atoms with Crippen molar-refractivity contribution in [3.63, 3.8) is 0 Å². The summed E-state index contributed by atoms with van der Waals surface area (Å²) < 4.78 is 5.85. The van der Waals surface area contributed by atoms with Gasteiger partial charge < -0.3 is 4.74 Å². The highest BCUT2D eigenvalue weighted by atomic mass is 16.6. The van der Waals surface area contributed by atoms with Gasteiger partial charge in [0.1, 0.15) is 5.60 Å². The lowest BCUT2D eigenvalue weighted by Crippen LogP contribution is -2.36. The number of ether oxygens (including phenoxy) is 1. The second-order valence-electron chi connectivity index (χ2n) is 5.54. The summed E-state index contributed by atoms with van der Waals surface area (Å²) in [6.45, 7) is 4.24. The molecule has 1 aromatic carbocycles. The van der Waals surface area contributed by atoms with Gasteiger partial charge in [-0.1, -0.05) is 32.4 Å². The van der Waals surface area contributed by atoms with Crippen LogP contribution >= 0.6 is 0 Å². The van der Waals surface area contributed by atoms with Crippen molar-refractivity contribution in [1.29, 1.82) is 0 Å². The number of aryl methyl sites for hydroxylation is 1. The Bertz CT molecular complexity index is 413. The molecule has 19 heavy (non-hydrogen) atoms. The molecule has 0 atom stereocenters. The second-order valence-corrected chi connectivity index (χ2v) is 5.54. The maximum absolute atomic E-state index is 12.3. The van der Waals surface area contributed by atoms with E-state index >= 15 is 0 Å². The van der Waals surface area contributed by atoms with Crippen LogP contribution in [0.1, 0.15) is 68.3 Å². The molecule has 1 fully saturated rings. The second kappa shape index (κ2) is 6.23. The van der Waals surface area contributed by atoms with Gasteiger partial charge in [-0.15, -0.1) is 0 Å². The number of hydrogen-bond acceptors (Lipinski definition) is 2. The minimum atomic E-state index is -0.210. The van der Waals surface area contributed by atoms with Crippen LogP contribution in [-0.4, -0.2) is 11.6 Å². The molecule has 0 unspecified atom stereocenters. The summed E-state index contributed by atoms with van der Waals surface area (Å²) in [5, 5.41) is 0. The summed E-state index contributed by atoms with van der Waals surface area (Å²) in [6.07, 6.45) is 7.57. The van der Waals surface area contributed by atoms with E-state index in [2.05, 4.69) is 13.8 Å². The van der Waals surface area contributed by atoms with Crippen molar-refractivity contribution < 1.29 is 9.53 Å². The van der Waals surface area contributed by atoms with E-state index in [1.807, 2.05) is 24.3 Å². The number of carbonyl (C=O) groups excluding carboxylic acids is 1. The standard InChI is InChI=1S/C17H24O2/c1-3-14-8-10-15(11-9-14)16(18)19-17(4-2)12-6-5-7-13-17/h8-11H,3-7,12-13H2,1-2H3. The van der Waals surface area contributed by atoms with Crippen LogP contribution in [-0.2, 0) is 11.2 Å². The van der Waals surface area contributed by atoms with Crippen LogP contribution in [0, 0.1) is 0 Å². The Kier molecular flexibility index (Phi) is 4.62. The zero-order chi connectivity index (χ0) is 13.7. The molecular formula is C17H24O2. The summed E-state index contributed by atoms with van der Waals surface area (Å²) in [5.41, 5.74) is 1.72. The van der Waals surface area contributed by atoms with Gasteiger partial charge in [0.2, 0.25) is 0 Å². The molecule has 2 rings (SSSR count). The lowest BCUT2D eigenvalue weighted by Gasteiger charge is -2.36. The van der Waals surface area contributed by atoms with Gasteiger partial charge in [0.05, 0.1) is 5.56 Å². The van der Waals surface area contributed by atoms with Crippen LogP contribution < -0.4 is 0 Å². The molecule has 0 saturated heterocycles. The fraction of sp³-hybridized carbons (Fsp3) is 0.588. The first-order valence-electron chi connectivity index (χ1n) is 7.51. The van der Waals surface area contributed by atoms with Crippen LogP contribution in [0.3, 0.4) is 0 Å². The van der Waals surface area contributed by atoms with E-state index in [4.69, 9.17) is 4.74 Å².